The van der Waals surface area contributed by atoms with E-state index in [1.807, 2.05) is 37.4 Å². The van der Waals surface area contributed by atoms with Crippen molar-refractivity contribution in [1.82, 2.24) is 19.6 Å². The summed E-state index contributed by atoms with van der Waals surface area (Å²) in [6.07, 6.45) is 13.0. The van der Waals surface area contributed by atoms with Gasteiger partial charge in [0, 0.05) is 61.7 Å². The number of nitro groups is 1. The molecule has 17 heteroatoms. The van der Waals surface area contributed by atoms with Crippen molar-refractivity contribution in [2.45, 2.75) is 138 Å². The number of hydrogen-bond acceptors (Lipinski definition) is 13. The Bertz CT molecular complexity index is 2950. The number of anilines is 4. The molecule has 4 N–H and O–H groups in total. The van der Waals surface area contributed by atoms with Gasteiger partial charge in [-0.05, 0) is 155 Å². The maximum absolute atomic E-state index is 14.7. The summed E-state index contributed by atoms with van der Waals surface area (Å²) in [5.41, 5.74) is 5.18. The largest absolute Gasteiger partial charge is 0.468 e. The van der Waals surface area contributed by atoms with Crippen LogP contribution in [0.3, 0.4) is 0 Å². The fourth-order valence-corrected chi connectivity index (χ4v) is 13.9. The number of nitro benzene ring substituents is 1. The van der Waals surface area contributed by atoms with Crippen LogP contribution >= 0.6 is 0 Å². The summed E-state index contributed by atoms with van der Waals surface area (Å²) < 4.78 is 43.1. The molecule has 6 heterocycles. The van der Waals surface area contributed by atoms with E-state index >= 15 is 0 Å². The number of aliphatic hydroxyl groups is 1. The lowest BCUT2D eigenvalue weighted by atomic mass is 9.59. The summed E-state index contributed by atoms with van der Waals surface area (Å²) in [4.78, 5) is 41.4. The van der Waals surface area contributed by atoms with Gasteiger partial charge in [-0.3, -0.25) is 19.8 Å². The highest BCUT2D eigenvalue weighted by atomic mass is 32.2. The third-order valence-corrected chi connectivity index (χ3v) is 18.4. The van der Waals surface area contributed by atoms with E-state index in [0.717, 1.165) is 62.5 Å². The number of pyridine rings is 1. The highest BCUT2D eigenvalue weighted by Gasteiger charge is 2.50. The molecule has 4 aliphatic heterocycles. The predicted molar refractivity (Wildman–Crippen MR) is 278 cm³/mol. The monoisotopic (exact) mass is 1000 g/mol. The quantitative estimate of drug-likeness (QED) is 0.0682. The Morgan fingerprint density at radius 2 is 1.75 bits per heavy atom. The zero-order valence-corrected chi connectivity index (χ0v) is 42.5. The molecule has 1 spiro atoms. The average molecular weight is 1000 g/mol. The first-order valence-corrected chi connectivity index (χ1v) is 27.7. The number of rotatable bonds is 12. The van der Waals surface area contributed by atoms with Gasteiger partial charge in [-0.1, -0.05) is 44.5 Å². The standard InChI is InChI=1S/C55H68N8O8S/c1-35(2)41-8-4-5-9-42(41)45-10-6-7-24-61(45)39-31-55(32-39)21-25-60(26-22-55)38-11-13-43(47(29-38)62-46-18-27-70-34-50(46)71-53-49(62)28-37-17-23-56-51(37)58-53)52(64)59-72(68,69)40-12-14-44(48(30-40)63(66)67)57-33-36-15-19-54(3,65)20-16-36/h4-5,8-9,11-14,17,23,28-30,35-36,39,45-46,50,57,65H,6-7,10,15-16,18-22,24-27,31-34H2,1-3H3,(H,56,58)(H,59,64)/t36?,45-,46+,50+,54?/m1/s1. The summed E-state index contributed by atoms with van der Waals surface area (Å²) in [7, 11) is -4.61. The van der Waals surface area contributed by atoms with Crippen LogP contribution in [0.2, 0.25) is 0 Å². The Hall–Kier alpha value is -5.75. The van der Waals surface area contributed by atoms with E-state index in [-0.39, 0.29) is 28.6 Å². The molecule has 16 nitrogen and oxygen atoms in total. The summed E-state index contributed by atoms with van der Waals surface area (Å²) in [5.74, 6) is 0.192. The second-order valence-electron chi connectivity index (χ2n) is 22.2. The zero-order valence-electron chi connectivity index (χ0n) is 41.6. The Morgan fingerprint density at radius 3 is 2.53 bits per heavy atom. The molecule has 5 aromatic rings. The molecule has 0 unspecified atom stereocenters. The number of H-pyrrole nitrogens is 1. The van der Waals surface area contributed by atoms with Crippen molar-refractivity contribution in [3.63, 3.8) is 0 Å². The fourth-order valence-electron chi connectivity index (χ4n) is 12.9. The Kier molecular flexibility index (Phi) is 13.0. The van der Waals surface area contributed by atoms with E-state index in [2.05, 4.69) is 67.8 Å². The lowest BCUT2D eigenvalue weighted by molar-refractivity contribution is -0.384. The molecule has 1 amide bonds. The number of aromatic amines is 1. The molecule has 0 radical (unpaired) electrons. The minimum Gasteiger partial charge on any atom is -0.468 e. The SMILES string of the molecule is CC(C)c1ccccc1[C@H]1CCCCN1C1CC2(CCN(c3ccc(C(=O)NS(=O)(=O)c4ccc(NCC5CCC(C)(O)CC5)c([N+](=O)[O-])c4)c(N4c5cc6cc[nH]c6nc5O[C@H]5COCC[C@@H]54)c3)CC2)C1. The molecule has 0 bridgehead atoms. The molecule has 2 aromatic heterocycles. The fraction of sp³-hybridized carbons (Fsp3) is 0.527. The number of nitrogens with zero attached hydrogens (tertiary/aromatic N) is 5. The number of piperidine rings is 2. The molecule has 2 aliphatic carbocycles. The lowest BCUT2D eigenvalue weighted by Crippen LogP contribution is -2.56. The van der Waals surface area contributed by atoms with E-state index in [1.54, 1.807) is 6.07 Å². The van der Waals surface area contributed by atoms with E-state index in [0.29, 0.717) is 79.9 Å². The molecule has 72 heavy (non-hydrogen) atoms. The van der Waals surface area contributed by atoms with Crippen LogP contribution < -0.4 is 24.6 Å². The third-order valence-electron chi connectivity index (χ3n) is 17.1. The molecular weight excluding hydrogens is 933 g/mol. The van der Waals surface area contributed by atoms with Crippen LogP contribution in [0.15, 0.2) is 83.9 Å². The van der Waals surface area contributed by atoms with Crippen LogP contribution in [0.5, 0.6) is 5.88 Å². The van der Waals surface area contributed by atoms with Crippen LogP contribution in [-0.4, -0.2) is 102 Å². The summed E-state index contributed by atoms with van der Waals surface area (Å²) in [6, 6.07) is 23.0. The summed E-state index contributed by atoms with van der Waals surface area (Å²) >= 11 is 0. The highest BCUT2D eigenvalue weighted by Crippen LogP contribution is 2.54. The van der Waals surface area contributed by atoms with Crippen molar-refractivity contribution in [2.75, 3.05) is 54.5 Å². The Morgan fingerprint density at radius 1 is 0.958 bits per heavy atom. The molecule has 382 valence electrons. The maximum Gasteiger partial charge on any atom is 0.293 e. The minimum atomic E-state index is -4.61. The Labute approximate surface area is 422 Å². The van der Waals surface area contributed by atoms with E-state index in [9.17, 15) is 28.4 Å². The van der Waals surface area contributed by atoms with Gasteiger partial charge in [0.2, 0.25) is 5.88 Å². The number of ether oxygens (including phenoxy) is 2. The maximum atomic E-state index is 14.7. The van der Waals surface area contributed by atoms with Crippen LogP contribution in [-0.2, 0) is 14.8 Å². The summed E-state index contributed by atoms with van der Waals surface area (Å²) in [5, 5.41) is 26.8. The van der Waals surface area contributed by atoms with Crippen LogP contribution in [0.1, 0.15) is 131 Å². The van der Waals surface area contributed by atoms with E-state index < -0.39 is 43.1 Å². The number of nitrogens with one attached hydrogen (secondary N) is 3. The number of carbonyl (C=O) groups is 1. The van der Waals surface area contributed by atoms with Crippen molar-refractivity contribution in [3.8, 4) is 5.88 Å². The van der Waals surface area contributed by atoms with Crippen LogP contribution in [0, 0.1) is 21.4 Å². The number of carbonyl (C=O) groups excluding carboxylic acids is 1. The zero-order chi connectivity index (χ0) is 49.9. The smallest absolute Gasteiger partial charge is 0.293 e. The number of hydrogen-bond donors (Lipinski definition) is 4. The number of fused-ring (bicyclic) bond motifs is 3. The van der Waals surface area contributed by atoms with Gasteiger partial charge in [0.25, 0.3) is 21.6 Å². The predicted octanol–water partition coefficient (Wildman–Crippen LogP) is 9.73. The number of sulfonamides is 1. The van der Waals surface area contributed by atoms with Crippen molar-refractivity contribution in [3.05, 3.63) is 106 Å². The highest BCUT2D eigenvalue weighted by molar-refractivity contribution is 7.90. The van der Waals surface area contributed by atoms with Crippen LogP contribution in [0.4, 0.5) is 28.4 Å². The molecular formula is C55H68N8O8S. The third kappa shape index (κ3) is 9.41. The first-order valence-electron chi connectivity index (χ1n) is 26.2. The van der Waals surface area contributed by atoms with Crippen LogP contribution in [0.25, 0.3) is 11.0 Å². The summed E-state index contributed by atoms with van der Waals surface area (Å²) in [6.45, 7) is 10.5. The normalized spacial score (nSPS) is 25.6. The number of amides is 1. The second-order valence-corrected chi connectivity index (χ2v) is 23.8. The minimum absolute atomic E-state index is 0.124. The van der Waals surface area contributed by atoms with Crippen molar-refractivity contribution >= 4 is 55.4 Å². The van der Waals surface area contributed by atoms with Gasteiger partial charge in [-0.25, -0.2) is 13.1 Å². The topological polar surface area (TPSA) is 196 Å². The first kappa shape index (κ1) is 48.5. The van der Waals surface area contributed by atoms with Crippen molar-refractivity contribution in [2.24, 2.45) is 11.3 Å². The number of benzene rings is 3. The van der Waals surface area contributed by atoms with Gasteiger partial charge >= 0.3 is 0 Å². The molecule has 5 fully saturated rings. The first-order chi connectivity index (χ1) is 34.6. The number of likely N-dealkylation sites (tertiary alicyclic amines) is 1. The molecule has 3 aromatic carbocycles. The lowest BCUT2D eigenvalue weighted by Gasteiger charge is -2.57. The van der Waals surface area contributed by atoms with Crippen molar-refractivity contribution < 1.29 is 32.7 Å². The molecule has 6 aliphatic rings. The molecule has 2 saturated carbocycles. The van der Waals surface area contributed by atoms with Gasteiger partial charge in [0.1, 0.15) is 23.1 Å². The number of aromatic nitrogens is 2. The molecule has 3 saturated heterocycles. The average Bonchev–Trinajstić information content (AvgIpc) is 3.83. The molecule has 3 atom stereocenters. The second kappa shape index (κ2) is 19.3. The Balaban J connectivity index is 0.864. The van der Waals surface area contributed by atoms with Crippen molar-refractivity contribution in [1.29, 1.82) is 0 Å². The van der Waals surface area contributed by atoms with Gasteiger partial charge in [0.15, 0.2) is 0 Å². The van der Waals surface area contributed by atoms with Gasteiger partial charge < -0.3 is 34.7 Å². The van der Waals surface area contributed by atoms with Gasteiger partial charge in [0.05, 0.1) is 39.3 Å². The van der Waals surface area contributed by atoms with E-state index in [4.69, 9.17) is 14.5 Å². The van der Waals surface area contributed by atoms with E-state index in [1.165, 1.54) is 55.4 Å². The van der Waals surface area contributed by atoms with Gasteiger partial charge in [-0.2, -0.15) is 4.98 Å². The van der Waals surface area contributed by atoms with Gasteiger partial charge in [-0.15, -0.1) is 0 Å². The molecule has 11 rings (SSSR count).